The summed E-state index contributed by atoms with van der Waals surface area (Å²) in [6.07, 6.45) is 3.50. The fourth-order valence-electron chi connectivity index (χ4n) is 2.98. The summed E-state index contributed by atoms with van der Waals surface area (Å²) in [6.45, 7) is 0. The Morgan fingerprint density at radius 1 is 1.06 bits per heavy atom. The lowest BCUT2D eigenvalue weighted by atomic mass is 10.2. The Hall–Kier alpha value is -3.00. The zero-order valence-corrected chi connectivity index (χ0v) is 18.3. The number of carbonyl (C=O) groups is 1. The highest BCUT2D eigenvalue weighted by atomic mass is 35.5. The predicted octanol–water partition coefficient (Wildman–Crippen LogP) is 6.52. The molecule has 1 aliphatic heterocycles. The zero-order valence-electron chi connectivity index (χ0n) is 15.9. The first kappa shape index (κ1) is 19.9. The van der Waals surface area contributed by atoms with Crippen LogP contribution in [0.25, 0.3) is 17.0 Å². The summed E-state index contributed by atoms with van der Waals surface area (Å²) >= 11 is 8.67. The van der Waals surface area contributed by atoms with Gasteiger partial charge < -0.3 is 9.73 Å². The highest BCUT2D eigenvalue weighted by Gasteiger charge is 2.24. The number of nitrogens with zero attached hydrogens (tertiary/aromatic N) is 2. The molecule has 1 aliphatic rings. The number of aliphatic imine (C=N–C) groups is 1. The maximum atomic E-state index is 12.3. The summed E-state index contributed by atoms with van der Waals surface area (Å²) in [5, 5.41) is 5.73. The topological polar surface area (TPSA) is 67.5 Å². The molecule has 1 amide bonds. The molecule has 0 atom stereocenters. The Morgan fingerprint density at radius 2 is 1.90 bits per heavy atom. The molecule has 0 spiro atoms. The van der Waals surface area contributed by atoms with E-state index in [9.17, 15) is 4.79 Å². The number of pyridine rings is 1. The zero-order chi connectivity index (χ0) is 21.2. The molecule has 4 aromatic rings. The number of hydrogen-bond donors (Lipinski definition) is 1. The van der Waals surface area contributed by atoms with E-state index in [-0.39, 0.29) is 5.91 Å². The molecule has 3 heterocycles. The molecule has 5 rings (SSSR count). The van der Waals surface area contributed by atoms with Crippen molar-refractivity contribution in [2.75, 3.05) is 0 Å². The number of hydrogen-bond acceptors (Lipinski definition) is 6. The highest BCUT2D eigenvalue weighted by Crippen LogP contribution is 2.35. The van der Waals surface area contributed by atoms with Crippen molar-refractivity contribution in [3.63, 3.8) is 0 Å². The fraction of sp³-hybridized carbons (Fsp3) is 0. The van der Waals surface area contributed by atoms with Crippen LogP contribution in [0, 0.1) is 0 Å². The second-order valence-corrected chi connectivity index (χ2v) is 9.06. The van der Waals surface area contributed by atoms with Gasteiger partial charge in [-0.05, 0) is 72.1 Å². The molecule has 2 aromatic heterocycles. The van der Waals surface area contributed by atoms with E-state index in [4.69, 9.17) is 16.0 Å². The van der Waals surface area contributed by atoms with E-state index < -0.39 is 0 Å². The first-order valence-corrected chi connectivity index (χ1v) is 11.3. The van der Waals surface area contributed by atoms with Gasteiger partial charge in [0.1, 0.15) is 5.76 Å². The van der Waals surface area contributed by atoms with Gasteiger partial charge in [-0.2, -0.15) is 0 Å². The number of para-hydroxylation sites is 1. The van der Waals surface area contributed by atoms with E-state index in [0.717, 1.165) is 20.9 Å². The third kappa shape index (κ3) is 4.54. The van der Waals surface area contributed by atoms with Crippen LogP contribution in [0.15, 0.2) is 97.2 Å². The van der Waals surface area contributed by atoms with Gasteiger partial charge in [-0.15, -0.1) is 0 Å². The average molecular weight is 464 g/mol. The molecular formula is C23H14ClN3O2S2. The summed E-state index contributed by atoms with van der Waals surface area (Å²) in [5.41, 5.74) is 1.65. The van der Waals surface area contributed by atoms with Gasteiger partial charge in [-0.1, -0.05) is 29.8 Å². The molecule has 1 saturated heterocycles. The monoisotopic (exact) mass is 463 g/mol. The van der Waals surface area contributed by atoms with Gasteiger partial charge >= 0.3 is 0 Å². The third-order valence-electron chi connectivity index (χ3n) is 4.39. The van der Waals surface area contributed by atoms with Crippen LogP contribution in [0.3, 0.4) is 0 Å². The van der Waals surface area contributed by atoms with E-state index in [1.807, 2.05) is 42.5 Å². The van der Waals surface area contributed by atoms with Crippen LogP contribution in [0.4, 0.5) is 5.69 Å². The molecule has 2 aromatic carbocycles. The summed E-state index contributed by atoms with van der Waals surface area (Å²) < 4.78 is 5.92. The molecule has 0 radical (unpaired) electrons. The molecule has 0 unspecified atom stereocenters. The van der Waals surface area contributed by atoms with E-state index in [1.165, 1.54) is 23.5 Å². The quantitative estimate of drug-likeness (QED) is 0.349. The number of thioether (sulfide) groups is 1. The fourth-order valence-corrected chi connectivity index (χ4v) is 4.83. The van der Waals surface area contributed by atoms with Crippen LogP contribution in [0.5, 0.6) is 0 Å². The maximum Gasteiger partial charge on any atom is 0.264 e. The van der Waals surface area contributed by atoms with Gasteiger partial charge in [0, 0.05) is 27.6 Å². The standard InChI is InChI=1S/C23H14ClN3O2S2/c24-15-6-8-16(9-7-15)26-23-27-22(28)19(31-23)13-17-10-11-20(29-17)30-18-5-1-3-14-4-2-12-25-21(14)18/h1-13H,(H,26,27,28)/b19-13-. The number of halogens is 1. The molecule has 1 fully saturated rings. The minimum atomic E-state index is -0.207. The SMILES string of the molecule is O=C1NC(=Nc2ccc(Cl)cc2)S/C1=C\c1ccc(Sc2cccc3cccnc23)o1. The molecule has 5 nitrogen and oxygen atoms in total. The van der Waals surface area contributed by atoms with Crippen molar-refractivity contribution >= 4 is 68.9 Å². The van der Waals surface area contributed by atoms with E-state index in [1.54, 1.807) is 36.5 Å². The van der Waals surface area contributed by atoms with Crippen molar-refractivity contribution in [2.45, 2.75) is 9.99 Å². The Bertz CT molecular complexity index is 1340. The van der Waals surface area contributed by atoms with Crippen molar-refractivity contribution < 1.29 is 9.21 Å². The van der Waals surface area contributed by atoms with Crippen molar-refractivity contribution in [1.82, 2.24) is 10.3 Å². The first-order valence-electron chi connectivity index (χ1n) is 9.31. The molecule has 0 bridgehead atoms. The van der Waals surface area contributed by atoms with Crippen molar-refractivity contribution in [3.05, 3.63) is 88.6 Å². The number of benzene rings is 2. The first-order chi connectivity index (χ1) is 15.1. The highest BCUT2D eigenvalue weighted by molar-refractivity contribution is 8.18. The Morgan fingerprint density at radius 3 is 2.77 bits per heavy atom. The number of amidine groups is 1. The van der Waals surface area contributed by atoms with Gasteiger partial charge in [0.2, 0.25) is 0 Å². The lowest BCUT2D eigenvalue weighted by Crippen LogP contribution is -2.19. The lowest BCUT2D eigenvalue weighted by Gasteiger charge is -2.02. The summed E-state index contributed by atoms with van der Waals surface area (Å²) in [6, 6.07) is 20.8. The van der Waals surface area contributed by atoms with Gasteiger partial charge in [-0.3, -0.25) is 9.78 Å². The molecule has 8 heteroatoms. The van der Waals surface area contributed by atoms with Crippen LogP contribution < -0.4 is 5.32 Å². The van der Waals surface area contributed by atoms with Gasteiger partial charge in [0.25, 0.3) is 5.91 Å². The molecule has 0 aliphatic carbocycles. The third-order valence-corrected chi connectivity index (χ3v) is 6.52. The number of rotatable bonds is 4. The molecule has 0 saturated carbocycles. The normalized spacial score (nSPS) is 16.4. The summed E-state index contributed by atoms with van der Waals surface area (Å²) in [5.74, 6) is 0.391. The number of aromatic nitrogens is 1. The Balaban J connectivity index is 1.34. The second kappa shape index (κ2) is 8.63. The second-order valence-electron chi connectivity index (χ2n) is 6.55. The number of fused-ring (bicyclic) bond motifs is 1. The Kier molecular flexibility index (Phi) is 5.55. The van der Waals surface area contributed by atoms with E-state index >= 15 is 0 Å². The Labute approximate surface area is 191 Å². The van der Waals surface area contributed by atoms with Gasteiger partial charge in [0.15, 0.2) is 10.3 Å². The molecule has 1 N–H and O–H groups in total. The van der Waals surface area contributed by atoms with Gasteiger partial charge in [-0.25, -0.2) is 4.99 Å². The molecular weight excluding hydrogens is 450 g/mol. The van der Waals surface area contributed by atoms with Crippen molar-refractivity contribution in [1.29, 1.82) is 0 Å². The van der Waals surface area contributed by atoms with Crippen LogP contribution in [0.2, 0.25) is 5.02 Å². The average Bonchev–Trinajstić information content (AvgIpc) is 3.36. The largest absolute Gasteiger partial charge is 0.450 e. The number of furan rings is 1. The summed E-state index contributed by atoms with van der Waals surface area (Å²) in [7, 11) is 0. The van der Waals surface area contributed by atoms with Crippen molar-refractivity contribution in [2.24, 2.45) is 4.99 Å². The van der Waals surface area contributed by atoms with E-state index in [2.05, 4.69) is 15.3 Å². The lowest BCUT2D eigenvalue weighted by molar-refractivity contribution is -0.115. The molecule has 152 valence electrons. The van der Waals surface area contributed by atoms with Crippen molar-refractivity contribution in [3.8, 4) is 0 Å². The molecule has 31 heavy (non-hydrogen) atoms. The van der Waals surface area contributed by atoms with Crippen LogP contribution in [-0.4, -0.2) is 16.1 Å². The minimum absolute atomic E-state index is 0.207. The number of amides is 1. The van der Waals surface area contributed by atoms with E-state index in [0.29, 0.717) is 26.5 Å². The van der Waals surface area contributed by atoms with Crippen LogP contribution in [-0.2, 0) is 4.79 Å². The summed E-state index contributed by atoms with van der Waals surface area (Å²) in [4.78, 5) is 22.8. The predicted molar refractivity (Wildman–Crippen MR) is 127 cm³/mol. The minimum Gasteiger partial charge on any atom is -0.450 e. The number of carbonyl (C=O) groups excluding carboxylic acids is 1. The maximum absolute atomic E-state index is 12.3. The van der Waals surface area contributed by atoms with Crippen LogP contribution >= 0.6 is 35.1 Å². The van der Waals surface area contributed by atoms with Gasteiger partial charge in [0.05, 0.1) is 16.1 Å². The number of nitrogens with one attached hydrogen (secondary N) is 1. The smallest absolute Gasteiger partial charge is 0.264 e. The van der Waals surface area contributed by atoms with Crippen LogP contribution in [0.1, 0.15) is 5.76 Å².